The average Bonchev–Trinajstić information content (AvgIpc) is 2.16. The Balaban J connectivity index is 2.85. The third-order valence-electron chi connectivity index (χ3n) is 2.04. The zero-order valence-corrected chi connectivity index (χ0v) is 9.01. The molecule has 0 saturated carbocycles. The van der Waals surface area contributed by atoms with Crippen LogP contribution >= 0.6 is 7.82 Å². The van der Waals surface area contributed by atoms with E-state index in [0.29, 0.717) is 0 Å². The van der Waals surface area contributed by atoms with Gasteiger partial charge in [0, 0.05) is 0 Å². The van der Waals surface area contributed by atoms with E-state index in [1.54, 1.807) is 0 Å². The molecule has 0 amide bonds. The number of aliphatic carboxylic acids is 1. The van der Waals surface area contributed by atoms with Gasteiger partial charge < -0.3 is 39.7 Å². The number of hydrogen-bond donors (Lipinski definition) is 5. The van der Waals surface area contributed by atoms with Crippen LogP contribution in [0.2, 0.25) is 0 Å². The van der Waals surface area contributed by atoms with E-state index in [2.05, 4.69) is 9.26 Å². The third-order valence-corrected chi connectivity index (χ3v) is 2.53. The van der Waals surface area contributed by atoms with E-state index in [0.717, 1.165) is 0 Å². The third kappa shape index (κ3) is 3.44. The summed E-state index contributed by atoms with van der Waals surface area (Å²) >= 11 is 0. The summed E-state index contributed by atoms with van der Waals surface area (Å²) in [4.78, 5) is 27.4. The van der Waals surface area contributed by atoms with Gasteiger partial charge in [-0.05, 0) is 0 Å². The lowest BCUT2D eigenvalue weighted by atomic mass is 9.99. The maximum Gasteiger partial charge on any atom is 0.472 e. The normalized spacial score (nSPS) is 39.0. The van der Waals surface area contributed by atoms with Gasteiger partial charge >= 0.3 is 7.82 Å². The van der Waals surface area contributed by atoms with E-state index < -0.39 is 44.5 Å². The van der Waals surface area contributed by atoms with Gasteiger partial charge in [0.25, 0.3) is 0 Å². The largest absolute Gasteiger partial charge is 0.547 e. The summed E-state index contributed by atoms with van der Waals surface area (Å²) in [6.45, 7) is 0. The number of carboxylic acids is 1. The first-order valence-electron chi connectivity index (χ1n) is 4.28. The van der Waals surface area contributed by atoms with Crippen LogP contribution in [0.25, 0.3) is 0 Å². The molecule has 1 heterocycles. The van der Waals surface area contributed by atoms with Crippen molar-refractivity contribution in [2.45, 2.75) is 30.7 Å². The Labute approximate surface area is 94.3 Å². The Bertz CT molecular complexity index is 338. The molecule has 0 aromatic carbocycles. The molecule has 1 aliphatic rings. The van der Waals surface area contributed by atoms with E-state index in [4.69, 9.17) is 9.79 Å². The summed E-state index contributed by atoms with van der Waals surface area (Å²) in [6, 6.07) is 0. The molecule has 0 aliphatic carbocycles. The highest BCUT2D eigenvalue weighted by molar-refractivity contribution is 7.46. The number of aliphatic hydroxyl groups excluding tert-OH is 3. The molecule has 17 heavy (non-hydrogen) atoms. The van der Waals surface area contributed by atoms with Crippen molar-refractivity contribution in [3.8, 4) is 0 Å². The van der Waals surface area contributed by atoms with Crippen LogP contribution in [0.3, 0.4) is 0 Å². The molecule has 5 atom stereocenters. The Morgan fingerprint density at radius 2 is 1.71 bits per heavy atom. The van der Waals surface area contributed by atoms with Gasteiger partial charge in [-0.15, -0.1) is 0 Å². The van der Waals surface area contributed by atoms with Crippen molar-refractivity contribution in [1.29, 1.82) is 0 Å². The fraction of sp³-hybridized carbons (Fsp3) is 0.833. The lowest BCUT2D eigenvalue weighted by Gasteiger charge is -2.40. The first-order valence-corrected chi connectivity index (χ1v) is 5.81. The molecule has 1 saturated heterocycles. The van der Waals surface area contributed by atoms with Crippen LogP contribution in [0.15, 0.2) is 0 Å². The Morgan fingerprint density at radius 3 is 2.12 bits per heavy atom. The van der Waals surface area contributed by atoms with Crippen LogP contribution in [0, 0.1) is 0 Å². The van der Waals surface area contributed by atoms with Crippen molar-refractivity contribution < 1.29 is 48.8 Å². The topological polar surface area (TPSA) is 177 Å². The van der Waals surface area contributed by atoms with Gasteiger partial charge in [0.2, 0.25) is 0 Å². The van der Waals surface area contributed by atoms with Crippen LogP contribution in [0.5, 0.6) is 0 Å². The number of ether oxygens (including phenoxy) is 1. The lowest BCUT2D eigenvalue weighted by Crippen LogP contribution is -2.62. The number of rotatable bonds is 3. The highest BCUT2D eigenvalue weighted by atomic mass is 31.2. The minimum Gasteiger partial charge on any atom is -0.547 e. The van der Waals surface area contributed by atoms with Crippen molar-refractivity contribution in [3.63, 3.8) is 0 Å². The van der Waals surface area contributed by atoms with Crippen LogP contribution in [0.4, 0.5) is 0 Å². The number of hydrogen-bond acceptors (Lipinski definition) is 8. The number of phosphoric acid groups is 1. The lowest BCUT2D eigenvalue weighted by molar-refractivity contribution is -0.343. The van der Waals surface area contributed by atoms with Crippen molar-refractivity contribution >= 4 is 13.8 Å². The van der Waals surface area contributed by atoms with Crippen molar-refractivity contribution in [2.75, 3.05) is 0 Å². The van der Waals surface area contributed by atoms with Crippen molar-refractivity contribution in [3.05, 3.63) is 0 Å². The van der Waals surface area contributed by atoms with Crippen molar-refractivity contribution in [1.82, 2.24) is 0 Å². The standard InChI is InChI=1S/C6H11O10P/c7-1-2(8)4(5(10)11)15-6(3(1)9)16-17(12,13)14/h1-4,6-9H,(H,10,11)(H2,12,13,14)/p-1/t1-,2-,3+,4-,6?/m0/s1. The summed E-state index contributed by atoms with van der Waals surface area (Å²) in [5.74, 6) is -1.93. The number of carboxylic acid groups (broad SMARTS) is 1. The van der Waals surface area contributed by atoms with Gasteiger partial charge in [0.05, 0.1) is 5.97 Å². The molecule has 1 aliphatic heterocycles. The highest BCUT2D eigenvalue weighted by Gasteiger charge is 2.46. The second-order valence-electron chi connectivity index (χ2n) is 3.31. The molecule has 0 bridgehead atoms. The molecule has 0 spiro atoms. The van der Waals surface area contributed by atoms with Gasteiger partial charge in [-0.3, -0.25) is 4.52 Å². The van der Waals surface area contributed by atoms with E-state index in [-0.39, 0.29) is 0 Å². The first kappa shape index (κ1) is 14.5. The van der Waals surface area contributed by atoms with Gasteiger partial charge in [-0.2, -0.15) is 0 Å². The molecule has 1 rings (SSSR count). The molecule has 0 aromatic rings. The van der Waals surface area contributed by atoms with E-state index in [1.807, 2.05) is 0 Å². The molecule has 1 unspecified atom stereocenters. The van der Waals surface area contributed by atoms with Gasteiger partial charge in [-0.25, -0.2) is 4.57 Å². The maximum absolute atomic E-state index is 10.5. The second-order valence-corrected chi connectivity index (χ2v) is 4.50. The van der Waals surface area contributed by atoms with Crippen molar-refractivity contribution in [2.24, 2.45) is 0 Å². The molecule has 10 nitrogen and oxygen atoms in total. The Kier molecular flexibility index (Phi) is 4.23. The summed E-state index contributed by atoms with van der Waals surface area (Å²) in [7, 11) is -5.07. The predicted octanol–water partition coefficient (Wildman–Crippen LogP) is -4.35. The zero-order chi connectivity index (χ0) is 13.4. The minimum atomic E-state index is -5.07. The Hall–Kier alpha value is -0.580. The molecule has 0 radical (unpaired) electrons. The monoisotopic (exact) mass is 273 g/mol. The van der Waals surface area contributed by atoms with Crippen LogP contribution < -0.4 is 5.11 Å². The zero-order valence-electron chi connectivity index (χ0n) is 8.11. The van der Waals surface area contributed by atoms with Gasteiger partial charge in [0.15, 0.2) is 6.29 Å². The van der Waals surface area contributed by atoms with E-state index in [9.17, 15) is 29.8 Å². The average molecular weight is 273 g/mol. The first-order chi connectivity index (χ1) is 7.63. The van der Waals surface area contributed by atoms with Gasteiger partial charge in [0.1, 0.15) is 24.4 Å². The molecular formula is C6H10O10P-. The molecule has 11 heteroatoms. The van der Waals surface area contributed by atoms with Crippen LogP contribution in [0.1, 0.15) is 0 Å². The number of carbonyl (C=O) groups excluding carboxylic acids is 1. The summed E-state index contributed by atoms with van der Waals surface area (Å²) in [5, 5.41) is 38.2. The fourth-order valence-electron chi connectivity index (χ4n) is 1.27. The minimum absolute atomic E-state index is 1.93. The quantitative estimate of drug-likeness (QED) is 0.316. The molecular weight excluding hydrogens is 263 g/mol. The number of aliphatic hydroxyl groups is 3. The van der Waals surface area contributed by atoms with Gasteiger partial charge in [-0.1, -0.05) is 0 Å². The predicted molar refractivity (Wildman–Crippen MR) is 44.8 cm³/mol. The summed E-state index contributed by atoms with van der Waals surface area (Å²) < 4.78 is 18.8. The SMILES string of the molecule is O=C([O-])[C@H]1OC(OP(=O)(O)O)[C@H](O)[C@@H](O)[C@@H]1O. The molecule has 0 aromatic heterocycles. The number of carbonyl (C=O) groups is 1. The highest BCUT2D eigenvalue weighted by Crippen LogP contribution is 2.40. The van der Waals surface area contributed by atoms with Crippen LogP contribution in [-0.4, -0.2) is 61.8 Å². The summed E-state index contributed by atoms with van der Waals surface area (Å²) in [5.41, 5.74) is 0. The molecule has 5 N–H and O–H groups in total. The smallest absolute Gasteiger partial charge is 0.472 e. The molecule has 1 fully saturated rings. The molecule has 100 valence electrons. The Morgan fingerprint density at radius 1 is 1.18 bits per heavy atom. The maximum atomic E-state index is 10.5. The van der Waals surface area contributed by atoms with Crippen LogP contribution in [-0.2, 0) is 18.6 Å². The number of phosphoric ester groups is 1. The fourth-order valence-corrected chi connectivity index (χ4v) is 1.71. The second kappa shape index (κ2) is 4.96. The van der Waals surface area contributed by atoms with E-state index in [1.165, 1.54) is 0 Å². The summed E-state index contributed by atoms with van der Waals surface area (Å²) in [6.07, 6.45) is -10.2. The van der Waals surface area contributed by atoms with E-state index >= 15 is 0 Å².